The maximum absolute atomic E-state index is 11.8. The van der Waals surface area contributed by atoms with Gasteiger partial charge in [-0.3, -0.25) is 15.5 Å². The molecule has 2 aromatic rings. The van der Waals surface area contributed by atoms with Crippen LogP contribution in [0.4, 0.5) is 0 Å². The normalized spacial score (nSPS) is 10.4. The second-order valence-electron chi connectivity index (χ2n) is 5.21. The minimum absolute atomic E-state index is 0.195. The molecule has 1 amide bonds. The summed E-state index contributed by atoms with van der Waals surface area (Å²) in [4.78, 5) is 12.0. The highest BCUT2D eigenvalue weighted by atomic mass is 32.1. The molecule has 0 aliphatic carbocycles. The van der Waals surface area contributed by atoms with E-state index in [4.69, 9.17) is 26.9 Å². The first-order valence-electron chi connectivity index (χ1n) is 7.89. The number of hydroxylamine groups is 1. The highest BCUT2D eigenvalue weighted by Gasteiger charge is 2.01. The molecule has 2 rings (SSSR count). The average Bonchev–Trinajstić information content (AvgIpc) is 2.70. The smallest absolute Gasteiger partial charge is 0.244 e. The Morgan fingerprint density at radius 1 is 1.12 bits per heavy atom. The van der Waals surface area contributed by atoms with Crippen LogP contribution in [0.25, 0.3) is 6.08 Å². The maximum atomic E-state index is 11.8. The Balaban J connectivity index is 1.70. The fraction of sp³-hybridized carbons (Fsp3) is 0.158. The van der Waals surface area contributed by atoms with E-state index in [2.05, 4.69) is 5.32 Å². The lowest BCUT2D eigenvalue weighted by molar-refractivity contribution is -0.116. The van der Waals surface area contributed by atoms with Gasteiger partial charge in [0.2, 0.25) is 5.91 Å². The van der Waals surface area contributed by atoms with Crippen LogP contribution in [0.3, 0.4) is 0 Å². The Bertz CT molecular complexity index is 758. The van der Waals surface area contributed by atoms with Crippen LogP contribution >= 0.6 is 12.2 Å². The number of ether oxygens (including phenoxy) is 2. The van der Waals surface area contributed by atoms with E-state index in [-0.39, 0.29) is 10.9 Å². The second-order valence-corrected chi connectivity index (χ2v) is 5.62. The van der Waals surface area contributed by atoms with Gasteiger partial charge in [0, 0.05) is 11.6 Å². The predicted octanol–water partition coefficient (Wildman–Crippen LogP) is 2.56. The Kier molecular flexibility index (Phi) is 7.60. The Morgan fingerprint density at radius 2 is 1.77 bits per heavy atom. The summed E-state index contributed by atoms with van der Waals surface area (Å²) < 4.78 is 10.6. The molecule has 7 heteroatoms. The third kappa shape index (κ3) is 6.19. The van der Waals surface area contributed by atoms with E-state index in [0.717, 1.165) is 11.3 Å². The molecule has 0 aliphatic heterocycles. The van der Waals surface area contributed by atoms with E-state index in [0.29, 0.717) is 24.5 Å². The molecular weight excluding hydrogens is 352 g/mol. The fourth-order valence-corrected chi connectivity index (χ4v) is 2.19. The van der Waals surface area contributed by atoms with E-state index in [1.165, 1.54) is 6.08 Å². The largest absolute Gasteiger partial charge is 0.497 e. The van der Waals surface area contributed by atoms with Crippen molar-refractivity contribution in [3.63, 3.8) is 0 Å². The van der Waals surface area contributed by atoms with Gasteiger partial charge in [-0.1, -0.05) is 24.4 Å². The topological polar surface area (TPSA) is 79.8 Å². The Morgan fingerprint density at radius 3 is 2.38 bits per heavy atom. The molecular formula is C19H20N2O4S. The van der Waals surface area contributed by atoms with Crippen molar-refractivity contribution in [1.29, 1.82) is 0 Å². The van der Waals surface area contributed by atoms with E-state index < -0.39 is 0 Å². The van der Waals surface area contributed by atoms with Crippen LogP contribution in [-0.2, 0) is 4.79 Å². The molecule has 0 aromatic heterocycles. The lowest BCUT2D eigenvalue weighted by atomic mass is 10.2. The van der Waals surface area contributed by atoms with Crippen LogP contribution in [0, 0.1) is 0 Å². The van der Waals surface area contributed by atoms with Gasteiger partial charge in [0.05, 0.1) is 13.7 Å². The zero-order valence-electron chi connectivity index (χ0n) is 14.3. The monoisotopic (exact) mass is 372 g/mol. The van der Waals surface area contributed by atoms with Crippen molar-refractivity contribution in [2.75, 3.05) is 20.3 Å². The molecule has 0 fully saturated rings. The minimum atomic E-state index is -0.195. The molecule has 0 unspecified atom stereocenters. The zero-order chi connectivity index (χ0) is 18.8. The van der Waals surface area contributed by atoms with Crippen LogP contribution < -0.4 is 20.3 Å². The molecule has 0 bridgehead atoms. The maximum Gasteiger partial charge on any atom is 0.244 e. The second kappa shape index (κ2) is 10.2. The quantitative estimate of drug-likeness (QED) is 0.286. The highest BCUT2D eigenvalue weighted by molar-refractivity contribution is 7.80. The molecule has 0 saturated heterocycles. The van der Waals surface area contributed by atoms with E-state index in [1.807, 2.05) is 29.7 Å². The third-order valence-corrected chi connectivity index (χ3v) is 3.76. The van der Waals surface area contributed by atoms with Gasteiger partial charge in [-0.2, -0.15) is 0 Å². The van der Waals surface area contributed by atoms with Crippen molar-refractivity contribution in [2.45, 2.75) is 0 Å². The van der Waals surface area contributed by atoms with Crippen LogP contribution in [0.5, 0.6) is 11.5 Å². The van der Waals surface area contributed by atoms with Crippen molar-refractivity contribution in [3.05, 3.63) is 65.7 Å². The van der Waals surface area contributed by atoms with E-state index >= 15 is 0 Å². The van der Waals surface area contributed by atoms with Crippen molar-refractivity contribution in [1.82, 2.24) is 10.8 Å². The van der Waals surface area contributed by atoms with Gasteiger partial charge in [-0.15, -0.1) is 0 Å². The molecule has 0 saturated carbocycles. The number of hydrogen-bond acceptors (Lipinski definition) is 5. The Hall–Kier alpha value is -2.90. The van der Waals surface area contributed by atoms with Gasteiger partial charge in [0.25, 0.3) is 0 Å². The van der Waals surface area contributed by atoms with Gasteiger partial charge < -0.3 is 14.8 Å². The number of methoxy groups -OCH3 is 1. The number of amides is 1. The van der Waals surface area contributed by atoms with Gasteiger partial charge in [-0.25, -0.2) is 0 Å². The van der Waals surface area contributed by atoms with Crippen molar-refractivity contribution < 1.29 is 19.5 Å². The first kappa shape index (κ1) is 19.4. The van der Waals surface area contributed by atoms with E-state index in [9.17, 15) is 4.79 Å². The molecule has 0 spiro atoms. The average molecular weight is 372 g/mol. The Labute approximate surface area is 157 Å². The summed E-state index contributed by atoms with van der Waals surface area (Å²) in [7, 11) is 1.61. The molecule has 26 heavy (non-hydrogen) atoms. The highest BCUT2D eigenvalue weighted by Crippen LogP contribution is 2.13. The van der Waals surface area contributed by atoms with Crippen LogP contribution in [0.2, 0.25) is 0 Å². The number of hydrogen-bond donors (Lipinski definition) is 3. The number of nitrogens with one attached hydrogen (secondary N) is 2. The lowest BCUT2D eigenvalue weighted by Crippen LogP contribution is -2.26. The summed E-state index contributed by atoms with van der Waals surface area (Å²) in [5.41, 5.74) is 3.52. The van der Waals surface area contributed by atoms with Crippen molar-refractivity contribution >= 4 is 29.2 Å². The van der Waals surface area contributed by atoms with E-state index in [1.54, 1.807) is 37.5 Å². The molecule has 2 aromatic carbocycles. The van der Waals surface area contributed by atoms with Gasteiger partial charge in [0.15, 0.2) is 0 Å². The van der Waals surface area contributed by atoms with Gasteiger partial charge >= 0.3 is 0 Å². The molecule has 6 nitrogen and oxygen atoms in total. The summed E-state index contributed by atoms with van der Waals surface area (Å²) in [5, 5.41) is 11.5. The summed E-state index contributed by atoms with van der Waals surface area (Å²) in [6.07, 6.45) is 3.20. The number of rotatable bonds is 8. The van der Waals surface area contributed by atoms with Crippen molar-refractivity contribution in [2.24, 2.45) is 0 Å². The standard InChI is InChI=1S/C19H20N2O4S/c1-24-16-7-2-14(3-8-16)4-11-18(22)20-12-13-25-17-9-5-15(6-10-17)19(26)21-23/h2-11,23H,12-13H2,1H3,(H,20,22)(H,21,26)/b11-4+. The molecule has 0 aliphatic rings. The SMILES string of the molecule is COc1ccc(/C=C/C(=O)NCCOc2ccc(C(=S)NO)cc2)cc1. The molecule has 0 radical (unpaired) electrons. The van der Waals surface area contributed by atoms with Crippen LogP contribution in [0.1, 0.15) is 11.1 Å². The van der Waals surface area contributed by atoms with Gasteiger partial charge in [-0.05, 0) is 48.0 Å². The minimum Gasteiger partial charge on any atom is -0.497 e. The number of benzene rings is 2. The van der Waals surface area contributed by atoms with Crippen LogP contribution in [0.15, 0.2) is 54.6 Å². The lowest BCUT2D eigenvalue weighted by Gasteiger charge is -2.08. The summed E-state index contributed by atoms with van der Waals surface area (Å²) in [6, 6.07) is 14.4. The first-order valence-corrected chi connectivity index (χ1v) is 8.30. The summed E-state index contributed by atoms with van der Waals surface area (Å²) in [5.74, 6) is 1.22. The molecule has 3 N–H and O–H groups in total. The predicted molar refractivity (Wildman–Crippen MR) is 104 cm³/mol. The molecule has 136 valence electrons. The van der Waals surface area contributed by atoms with Crippen molar-refractivity contribution in [3.8, 4) is 11.5 Å². The third-order valence-electron chi connectivity index (χ3n) is 3.43. The van der Waals surface area contributed by atoms with Gasteiger partial charge in [0.1, 0.15) is 23.1 Å². The summed E-state index contributed by atoms with van der Waals surface area (Å²) >= 11 is 4.91. The number of thiocarbonyl (C=S) groups is 1. The molecule has 0 atom stereocenters. The molecule has 0 heterocycles. The fourth-order valence-electron chi connectivity index (χ4n) is 2.06. The summed E-state index contributed by atoms with van der Waals surface area (Å²) in [6.45, 7) is 0.717. The van der Waals surface area contributed by atoms with Crippen LogP contribution in [-0.4, -0.2) is 36.4 Å². The number of carbonyl (C=O) groups is 1. The number of carbonyl (C=O) groups excluding carboxylic acids is 1. The zero-order valence-corrected chi connectivity index (χ0v) is 15.1. The first-order chi connectivity index (χ1) is 12.6.